The average Bonchev–Trinajstić information content (AvgIpc) is 3.42. The van der Waals surface area contributed by atoms with E-state index in [0.29, 0.717) is 23.7 Å². The van der Waals surface area contributed by atoms with E-state index in [1.54, 1.807) is 14.2 Å². The van der Waals surface area contributed by atoms with Crippen molar-refractivity contribution in [2.75, 3.05) is 20.8 Å². The van der Waals surface area contributed by atoms with Crippen LogP contribution >= 0.6 is 0 Å². The van der Waals surface area contributed by atoms with Gasteiger partial charge in [-0.2, -0.15) is 5.10 Å². The lowest BCUT2D eigenvalue weighted by Crippen LogP contribution is -2.31. The van der Waals surface area contributed by atoms with Crippen LogP contribution in [-0.4, -0.2) is 41.8 Å². The number of benzene rings is 3. The van der Waals surface area contributed by atoms with Crippen LogP contribution in [0.25, 0.3) is 11.3 Å². The first kappa shape index (κ1) is 20.8. The SMILES string of the molecule is COc1ccc(C2c3c(-c4ccccc4)n[nH]c3C(=O)N2CCc2ccccc2)cc1OC. The fourth-order valence-electron chi connectivity index (χ4n) is 4.51. The molecule has 1 atom stereocenters. The van der Waals surface area contributed by atoms with Crippen molar-refractivity contribution in [2.45, 2.75) is 12.5 Å². The monoisotopic (exact) mass is 439 g/mol. The predicted molar refractivity (Wildman–Crippen MR) is 127 cm³/mol. The molecule has 1 aliphatic heterocycles. The Morgan fingerprint density at radius 3 is 2.30 bits per heavy atom. The second kappa shape index (κ2) is 8.82. The first-order valence-electron chi connectivity index (χ1n) is 10.9. The van der Waals surface area contributed by atoms with Crippen LogP contribution in [0.3, 0.4) is 0 Å². The number of aromatic nitrogens is 2. The van der Waals surface area contributed by atoms with E-state index >= 15 is 0 Å². The molecule has 5 rings (SSSR count). The number of hydrogen-bond acceptors (Lipinski definition) is 4. The molecule has 0 fully saturated rings. The Labute approximate surface area is 192 Å². The number of nitrogens with zero attached hydrogens (tertiary/aromatic N) is 2. The molecule has 1 N–H and O–H groups in total. The Hall–Kier alpha value is -4.06. The van der Waals surface area contributed by atoms with Crippen LogP contribution in [0.4, 0.5) is 0 Å². The molecule has 0 saturated heterocycles. The topological polar surface area (TPSA) is 67.5 Å². The van der Waals surface area contributed by atoms with Crippen molar-refractivity contribution >= 4 is 5.91 Å². The highest BCUT2D eigenvalue weighted by Crippen LogP contribution is 2.44. The Kier molecular flexibility index (Phi) is 5.57. The van der Waals surface area contributed by atoms with E-state index in [4.69, 9.17) is 9.47 Å². The molecule has 2 heterocycles. The van der Waals surface area contributed by atoms with E-state index in [-0.39, 0.29) is 11.9 Å². The third-order valence-electron chi connectivity index (χ3n) is 6.12. The largest absolute Gasteiger partial charge is 0.493 e. The summed E-state index contributed by atoms with van der Waals surface area (Å²) >= 11 is 0. The number of hydrogen-bond donors (Lipinski definition) is 1. The molecule has 1 amide bonds. The molecule has 0 aliphatic carbocycles. The zero-order valence-electron chi connectivity index (χ0n) is 18.6. The molecule has 0 saturated carbocycles. The van der Waals surface area contributed by atoms with Gasteiger partial charge in [-0.1, -0.05) is 66.7 Å². The molecule has 1 aliphatic rings. The van der Waals surface area contributed by atoms with Crippen LogP contribution in [0.15, 0.2) is 78.9 Å². The van der Waals surface area contributed by atoms with Crippen LogP contribution in [0.5, 0.6) is 11.5 Å². The summed E-state index contributed by atoms with van der Waals surface area (Å²) in [5, 5.41) is 7.55. The lowest BCUT2D eigenvalue weighted by Gasteiger charge is -2.27. The van der Waals surface area contributed by atoms with Gasteiger partial charge in [0, 0.05) is 17.7 Å². The molecule has 0 spiro atoms. The zero-order chi connectivity index (χ0) is 22.8. The molecule has 0 bridgehead atoms. The molecule has 3 aromatic carbocycles. The predicted octanol–water partition coefficient (Wildman–Crippen LogP) is 4.88. The second-order valence-electron chi connectivity index (χ2n) is 7.98. The number of methoxy groups -OCH3 is 2. The van der Waals surface area contributed by atoms with Crippen LogP contribution in [0.1, 0.15) is 33.2 Å². The number of carbonyl (C=O) groups excluding carboxylic acids is 1. The number of rotatable bonds is 7. The van der Waals surface area contributed by atoms with E-state index in [1.165, 1.54) is 5.56 Å². The Morgan fingerprint density at radius 2 is 1.61 bits per heavy atom. The summed E-state index contributed by atoms with van der Waals surface area (Å²) in [6.45, 7) is 0.582. The summed E-state index contributed by atoms with van der Waals surface area (Å²) in [4.78, 5) is 15.4. The minimum Gasteiger partial charge on any atom is -0.493 e. The molecule has 33 heavy (non-hydrogen) atoms. The van der Waals surface area contributed by atoms with E-state index in [9.17, 15) is 4.79 Å². The summed E-state index contributed by atoms with van der Waals surface area (Å²) in [7, 11) is 3.23. The zero-order valence-corrected chi connectivity index (χ0v) is 18.6. The molecule has 1 aromatic heterocycles. The average molecular weight is 440 g/mol. The molecule has 6 heteroatoms. The summed E-state index contributed by atoms with van der Waals surface area (Å²) < 4.78 is 11.0. The van der Waals surface area contributed by atoms with Crippen molar-refractivity contribution in [3.8, 4) is 22.8 Å². The lowest BCUT2D eigenvalue weighted by molar-refractivity contribution is 0.0745. The maximum atomic E-state index is 13.5. The quantitative estimate of drug-likeness (QED) is 0.446. The van der Waals surface area contributed by atoms with Crippen molar-refractivity contribution in [2.24, 2.45) is 0 Å². The normalized spacial score (nSPS) is 14.9. The van der Waals surface area contributed by atoms with E-state index in [1.807, 2.05) is 71.6 Å². The van der Waals surface area contributed by atoms with Crippen LogP contribution in [0.2, 0.25) is 0 Å². The standard InChI is InChI=1S/C27H25N3O3/c1-32-21-14-13-20(17-22(21)33-2)26-23-24(19-11-7-4-8-12-19)28-29-25(23)27(31)30(26)16-15-18-9-5-3-6-10-18/h3-14,17,26H,15-16H2,1-2H3,(H,28,29). The maximum Gasteiger partial charge on any atom is 0.273 e. The van der Waals surface area contributed by atoms with Gasteiger partial charge in [-0.05, 0) is 29.7 Å². The Balaban J connectivity index is 1.60. The van der Waals surface area contributed by atoms with Gasteiger partial charge in [-0.15, -0.1) is 0 Å². The maximum absolute atomic E-state index is 13.5. The van der Waals surface area contributed by atoms with Gasteiger partial charge < -0.3 is 14.4 Å². The van der Waals surface area contributed by atoms with Crippen molar-refractivity contribution in [1.29, 1.82) is 0 Å². The van der Waals surface area contributed by atoms with Crippen molar-refractivity contribution in [1.82, 2.24) is 15.1 Å². The summed E-state index contributed by atoms with van der Waals surface area (Å²) in [6.07, 6.45) is 0.759. The van der Waals surface area contributed by atoms with Gasteiger partial charge in [0.2, 0.25) is 0 Å². The lowest BCUT2D eigenvalue weighted by atomic mass is 9.95. The first-order chi connectivity index (χ1) is 16.2. The number of fused-ring (bicyclic) bond motifs is 1. The third-order valence-corrected chi connectivity index (χ3v) is 6.12. The molecule has 0 radical (unpaired) electrons. The summed E-state index contributed by atoms with van der Waals surface area (Å²) in [5.41, 5.74) is 5.34. The van der Waals surface area contributed by atoms with Crippen LogP contribution in [-0.2, 0) is 6.42 Å². The summed E-state index contributed by atoms with van der Waals surface area (Å²) in [5.74, 6) is 1.23. The Bertz CT molecular complexity index is 1270. The molecule has 166 valence electrons. The molecule has 4 aromatic rings. The smallest absolute Gasteiger partial charge is 0.273 e. The number of H-pyrrole nitrogens is 1. The van der Waals surface area contributed by atoms with Gasteiger partial charge in [0.25, 0.3) is 5.91 Å². The minimum atomic E-state index is -0.287. The van der Waals surface area contributed by atoms with Gasteiger partial charge in [0.15, 0.2) is 11.5 Å². The highest BCUT2D eigenvalue weighted by molar-refractivity contribution is 6.00. The first-order valence-corrected chi connectivity index (χ1v) is 10.9. The molecular formula is C27H25N3O3. The number of ether oxygens (including phenoxy) is 2. The van der Waals surface area contributed by atoms with Gasteiger partial charge in [0.05, 0.1) is 26.0 Å². The fourth-order valence-corrected chi connectivity index (χ4v) is 4.51. The van der Waals surface area contributed by atoms with Gasteiger partial charge >= 0.3 is 0 Å². The van der Waals surface area contributed by atoms with E-state index in [0.717, 1.165) is 28.8 Å². The molecule has 6 nitrogen and oxygen atoms in total. The third kappa shape index (κ3) is 3.74. The number of nitrogens with one attached hydrogen (secondary N) is 1. The van der Waals surface area contributed by atoms with Crippen molar-refractivity contribution < 1.29 is 14.3 Å². The van der Waals surface area contributed by atoms with Gasteiger partial charge in [0.1, 0.15) is 5.69 Å². The summed E-state index contributed by atoms with van der Waals surface area (Å²) in [6, 6.07) is 25.7. The number of amides is 1. The highest BCUT2D eigenvalue weighted by atomic mass is 16.5. The van der Waals surface area contributed by atoms with E-state index in [2.05, 4.69) is 22.3 Å². The molecular weight excluding hydrogens is 414 g/mol. The van der Waals surface area contributed by atoms with Crippen LogP contribution < -0.4 is 9.47 Å². The minimum absolute atomic E-state index is 0.0459. The van der Waals surface area contributed by atoms with Crippen molar-refractivity contribution in [3.05, 3.63) is 101 Å². The number of carbonyl (C=O) groups is 1. The fraction of sp³-hybridized carbons (Fsp3) is 0.185. The molecule has 1 unspecified atom stereocenters. The Morgan fingerprint density at radius 1 is 0.909 bits per heavy atom. The van der Waals surface area contributed by atoms with E-state index < -0.39 is 0 Å². The number of aromatic amines is 1. The van der Waals surface area contributed by atoms with Crippen LogP contribution in [0, 0.1) is 0 Å². The van der Waals surface area contributed by atoms with Crippen molar-refractivity contribution in [3.63, 3.8) is 0 Å². The van der Waals surface area contributed by atoms with Gasteiger partial charge in [-0.3, -0.25) is 9.89 Å². The highest BCUT2D eigenvalue weighted by Gasteiger charge is 2.42. The second-order valence-corrected chi connectivity index (χ2v) is 7.98. The van der Waals surface area contributed by atoms with Gasteiger partial charge in [-0.25, -0.2) is 0 Å².